The first kappa shape index (κ1) is 18.4. The Bertz CT molecular complexity index is 969. The molecule has 3 aromatic rings. The fourth-order valence-corrected chi connectivity index (χ4v) is 3.73. The van der Waals surface area contributed by atoms with Crippen LogP contribution in [0, 0.1) is 0 Å². The lowest BCUT2D eigenvalue weighted by molar-refractivity contribution is 0.0821. The average molecular weight is 391 g/mol. The molecule has 0 fully saturated rings. The summed E-state index contributed by atoms with van der Waals surface area (Å²) in [6, 6.07) is 17.9. The minimum Gasteiger partial charge on any atom is -0.485 e. The van der Waals surface area contributed by atoms with Crippen molar-refractivity contribution in [2.75, 3.05) is 12.4 Å². The molecule has 1 atom stereocenters. The van der Waals surface area contributed by atoms with Crippen LogP contribution in [0.25, 0.3) is 6.08 Å². The second kappa shape index (κ2) is 8.80. The van der Waals surface area contributed by atoms with Gasteiger partial charge in [-0.15, -0.1) is 16.8 Å². The maximum atomic E-state index is 6.10. The molecule has 0 aliphatic carbocycles. The van der Waals surface area contributed by atoms with Crippen LogP contribution in [-0.2, 0) is 6.54 Å². The number of ether oxygens (including phenoxy) is 2. The van der Waals surface area contributed by atoms with E-state index in [9.17, 15) is 0 Å². The third-order valence-corrected chi connectivity index (χ3v) is 5.19. The molecule has 1 unspecified atom stereocenters. The van der Waals surface area contributed by atoms with Crippen LogP contribution in [-0.4, -0.2) is 27.1 Å². The summed E-state index contributed by atoms with van der Waals surface area (Å²) in [5, 5.41) is 9.60. The number of thioether (sulfide) groups is 1. The number of benzene rings is 2. The minimum absolute atomic E-state index is 0.295. The molecule has 1 aliphatic rings. The van der Waals surface area contributed by atoms with Crippen molar-refractivity contribution in [2.45, 2.75) is 17.8 Å². The molecular weight excluding hydrogens is 370 g/mol. The van der Waals surface area contributed by atoms with Crippen molar-refractivity contribution >= 4 is 17.8 Å². The molecule has 6 heteroatoms. The smallest absolute Gasteiger partial charge is 0.192 e. The molecule has 1 aliphatic heterocycles. The predicted molar refractivity (Wildman–Crippen MR) is 112 cm³/mol. The van der Waals surface area contributed by atoms with Gasteiger partial charge in [0.15, 0.2) is 28.6 Å². The van der Waals surface area contributed by atoms with Crippen LogP contribution in [0.5, 0.6) is 11.5 Å². The van der Waals surface area contributed by atoms with Crippen molar-refractivity contribution < 1.29 is 9.47 Å². The average Bonchev–Trinajstić information content (AvgIpc) is 3.14. The first-order valence-electron chi connectivity index (χ1n) is 9.12. The zero-order valence-corrected chi connectivity index (χ0v) is 16.2. The fraction of sp³-hybridized carbons (Fsp3) is 0.182. The van der Waals surface area contributed by atoms with Gasteiger partial charge in [0.25, 0.3) is 0 Å². The first-order valence-corrected chi connectivity index (χ1v) is 10.1. The van der Waals surface area contributed by atoms with E-state index in [2.05, 4.69) is 41.1 Å². The highest BCUT2D eigenvalue weighted by atomic mass is 32.2. The number of allylic oxidation sites excluding steroid dienone is 1. The molecule has 4 rings (SSSR count). The van der Waals surface area contributed by atoms with Crippen molar-refractivity contribution in [1.29, 1.82) is 0 Å². The molecule has 0 N–H and O–H groups in total. The van der Waals surface area contributed by atoms with E-state index in [1.54, 1.807) is 11.8 Å². The quantitative estimate of drug-likeness (QED) is 0.428. The number of hydrogen-bond donors (Lipinski definition) is 0. The van der Waals surface area contributed by atoms with E-state index in [-0.39, 0.29) is 6.10 Å². The van der Waals surface area contributed by atoms with Crippen LogP contribution in [0.3, 0.4) is 0 Å². The summed E-state index contributed by atoms with van der Waals surface area (Å²) >= 11 is 1.64. The molecule has 0 saturated heterocycles. The molecule has 0 radical (unpaired) electrons. The van der Waals surface area contributed by atoms with Gasteiger partial charge in [0.2, 0.25) is 0 Å². The summed E-state index contributed by atoms with van der Waals surface area (Å²) in [6.45, 7) is 4.89. The van der Waals surface area contributed by atoms with Crippen LogP contribution >= 0.6 is 11.8 Å². The van der Waals surface area contributed by atoms with Gasteiger partial charge in [0, 0.05) is 12.3 Å². The topological polar surface area (TPSA) is 49.2 Å². The van der Waals surface area contributed by atoms with Gasteiger partial charge >= 0.3 is 0 Å². The number of aromatic nitrogens is 3. The van der Waals surface area contributed by atoms with Crippen molar-refractivity contribution in [2.24, 2.45) is 0 Å². The van der Waals surface area contributed by atoms with E-state index in [4.69, 9.17) is 9.47 Å². The monoisotopic (exact) mass is 391 g/mol. The first-order chi connectivity index (χ1) is 13.8. The highest BCUT2D eigenvalue weighted by Crippen LogP contribution is 2.36. The fourth-order valence-electron chi connectivity index (χ4n) is 2.96. The summed E-state index contributed by atoms with van der Waals surface area (Å²) in [6.07, 6.45) is 5.78. The van der Waals surface area contributed by atoms with Crippen LogP contribution in [0.2, 0.25) is 0 Å². The molecule has 28 heavy (non-hydrogen) atoms. The molecule has 1 aromatic heterocycles. The summed E-state index contributed by atoms with van der Waals surface area (Å²) in [5.41, 5.74) is 1.18. The number of hydrogen-bond acceptors (Lipinski definition) is 5. The predicted octanol–water partition coefficient (Wildman–Crippen LogP) is 4.78. The Hall–Kier alpha value is -2.99. The molecule has 142 valence electrons. The SMILES string of the molecule is C=CCn1c(SC/C=C/c2ccccc2)nnc1C1COc2ccccc2O1. The maximum absolute atomic E-state index is 6.10. The largest absolute Gasteiger partial charge is 0.485 e. The lowest BCUT2D eigenvalue weighted by atomic mass is 10.2. The van der Waals surface area contributed by atoms with E-state index in [1.165, 1.54) is 5.56 Å². The molecule has 0 bridgehead atoms. The van der Waals surface area contributed by atoms with E-state index in [1.807, 2.05) is 53.1 Å². The van der Waals surface area contributed by atoms with Crippen molar-refractivity contribution in [3.63, 3.8) is 0 Å². The van der Waals surface area contributed by atoms with Gasteiger partial charge < -0.3 is 9.47 Å². The van der Waals surface area contributed by atoms with Crippen LogP contribution in [0.4, 0.5) is 0 Å². The van der Waals surface area contributed by atoms with Crippen LogP contribution < -0.4 is 9.47 Å². The number of para-hydroxylation sites is 2. The Balaban J connectivity index is 1.47. The van der Waals surface area contributed by atoms with Gasteiger partial charge in [-0.3, -0.25) is 4.57 Å². The second-order valence-corrected chi connectivity index (χ2v) is 7.22. The van der Waals surface area contributed by atoms with Gasteiger partial charge in [-0.2, -0.15) is 0 Å². The normalized spacial score (nSPS) is 15.6. The van der Waals surface area contributed by atoms with E-state index >= 15 is 0 Å². The van der Waals surface area contributed by atoms with Crippen LogP contribution in [0.1, 0.15) is 17.5 Å². The molecule has 0 spiro atoms. The van der Waals surface area contributed by atoms with Crippen molar-refractivity contribution in [3.8, 4) is 11.5 Å². The maximum Gasteiger partial charge on any atom is 0.192 e. The zero-order valence-electron chi connectivity index (χ0n) is 15.4. The summed E-state index contributed by atoms with van der Waals surface area (Å²) < 4.78 is 14.0. The minimum atomic E-state index is -0.295. The molecule has 0 amide bonds. The van der Waals surface area contributed by atoms with Crippen LogP contribution in [0.15, 0.2) is 78.5 Å². The summed E-state index contributed by atoms with van der Waals surface area (Å²) in [5.74, 6) is 3.04. The Morgan fingerprint density at radius 3 is 2.68 bits per heavy atom. The van der Waals surface area contributed by atoms with Gasteiger partial charge in [-0.05, 0) is 17.7 Å². The van der Waals surface area contributed by atoms with Crippen molar-refractivity contribution in [3.05, 3.63) is 84.7 Å². The third-order valence-electron chi connectivity index (χ3n) is 4.27. The lowest BCUT2D eigenvalue weighted by Gasteiger charge is -2.26. The van der Waals surface area contributed by atoms with Gasteiger partial charge in [0.05, 0.1) is 0 Å². The third kappa shape index (κ3) is 4.12. The van der Waals surface area contributed by atoms with E-state index in [0.29, 0.717) is 13.2 Å². The number of rotatable bonds is 7. The van der Waals surface area contributed by atoms with Gasteiger partial charge in [-0.25, -0.2) is 0 Å². The molecule has 0 saturated carbocycles. The molecule has 5 nitrogen and oxygen atoms in total. The molecular formula is C22H21N3O2S. The number of nitrogens with zero attached hydrogens (tertiary/aromatic N) is 3. The van der Waals surface area contributed by atoms with E-state index < -0.39 is 0 Å². The standard InChI is InChI=1S/C22H21N3O2S/c1-2-14-25-21(20-16-26-18-12-6-7-13-19(18)27-20)23-24-22(25)28-15-8-11-17-9-4-3-5-10-17/h2-13,20H,1,14-16H2/b11-8+. The van der Waals surface area contributed by atoms with Gasteiger partial charge in [-0.1, -0.05) is 72.5 Å². The Morgan fingerprint density at radius 1 is 1.07 bits per heavy atom. The zero-order chi connectivity index (χ0) is 19.2. The lowest BCUT2D eigenvalue weighted by Crippen LogP contribution is -2.25. The Kier molecular flexibility index (Phi) is 5.77. The second-order valence-electron chi connectivity index (χ2n) is 6.23. The highest BCUT2D eigenvalue weighted by molar-refractivity contribution is 7.99. The Labute approximate surface area is 168 Å². The summed E-state index contributed by atoms with van der Waals surface area (Å²) in [4.78, 5) is 0. The highest BCUT2D eigenvalue weighted by Gasteiger charge is 2.28. The van der Waals surface area contributed by atoms with Crippen molar-refractivity contribution in [1.82, 2.24) is 14.8 Å². The molecule has 2 aromatic carbocycles. The van der Waals surface area contributed by atoms with E-state index in [0.717, 1.165) is 28.2 Å². The molecule has 2 heterocycles. The summed E-state index contributed by atoms with van der Waals surface area (Å²) in [7, 11) is 0. The van der Waals surface area contributed by atoms with Gasteiger partial charge in [0.1, 0.15) is 6.61 Å². The number of fused-ring (bicyclic) bond motifs is 1. The Morgan fingerprint density at radius 2 is 1.86 bits per heavy atom.